The van der Waals surface area contributed by atoms with E-state index in [-0.39, 0.29) is 18.4 Å². The Morgan fingerprint density at radius 3 is 2.42 bits per heavy atom. The van der Waals surface area contributed by atoms with Crippen molar-refractivity contribution in [1.82, 2.24) is 4.90 Å². The second-order valence-electron chi connectivity index (χ2n) is 7.29. The predicted molar refractivity (Wildman–Crippen MR) is 92.1 cm³/mol. The summed E-state index contributed by atoms with van der Waals surface area (Å²) in [5, 5.41) is 0. The van der Waals surface area contributed by atoms with Crippen LogP contribution in [0.2, 0.25) is 0 Å². The van der Waals surface area contributed by atoms with Crippen molar-refractivity contribution in [3.8, 4) is 0 Å². The molecule has 2 aliphatic rings. The Labute approximate surface area is 152 Å². The average Bonchev–Trinajstić information content (AvgIpc) is 2.58. The largest absolute Gasteiger partial charge is 1.00 e. The number of nitrogens with zero attached hydrogens (tertiary/aromatic N) is 1. The third kappa shape index (κ3) is 3.94. The molecule has 0 bridgehead atoms. The molecular weight excluding hydrogens is 322 g/mol. The summed E-state index contributed by atoms with van der Waals surface area (Å²) in [4.78, 5) is 14.4. The Morgan fingerprint density at radius 1 is 1.17 bits per heavy atom. The number of carbonyl (C=O) groups excluding carboxylic acids is 1. The molecule has 2 unspecified atom stereocenters. The fourth-order valence-corrected chi connectivity index (χ4v) is 4.54. The Balaban J connectivity index is 0.00000208. The number of halogens is 1. The van der Waals surface area contributed by atoms with Gasteiger partial charge >= 0.3 is 5.97 Å². The minimum absolute atomic E-state index is 0. The van der Waals surface area contributed by atoms with E-state index < -0.39 is 5.60 Å². The molecule has 0 spiro atoms. The van der Waals surface area contributed by atoms with Gasteiger partial charge in [0.1, 0.15) is 5.60 Å². The number of benzene rings is 1. The summed E-state index contributed by atoms with van der Waals surface area (Å²) >= 11 is 0. The standard InChI is InChI=1S/C20H29NO2.ClH/c1-16-15-21(19-11-7-4-8-12-19)14-13-20(16,23-17(2)22)18-9-5-3-6-10-18;/h3,5-6,9-10,16,19H,4,7-8,11-15H2,1-2H3;1H/p-1. The highest BCUT2D eigenvalue weighted by molar-refractivity contribution is 5.67. The third-order valence-electron chi connectivity index (χ3n) is 5.75. The topological polar surface area (TPSA) is 29.5 Å². The summed E-state index contributed by atoms with van der Waals surface area (Å²) in [5.41, 5.74) is 0.684. The van der Waals surface area contributed by atoms with E-state index >= 15 is 0 Å². The van der Waals surface area contributed by atoms with Crippen LogP contribution in [-0.2, 0) is 15.1 Å². The highest BCUT2D eigenvalue weighted by Gasteiger charge is 2.46. The highest BCUT2D eigenvalue weighted by Crippen LogP contribution is 2.42. The Kier molecular flexibility index (Phi) is 6.70. The molecule has 0 N–H and O–H groups in total. The maximum atomic E-state index is 11.8. The van der Waals surface area contributed by atoms with Gasteiger partial charge in [-0.25, -0.2) is 0 Å². The number of rotatable bonds is 3. The predicted octanol–water partition coefficient (Wildman–Crippen LogP) is 1.12. The molecule has 3 rings (SSSR count). The Bertz CT molecular complexity index is 530. The molecule has 1 aromatic carbocycles. The SMILES string of the molecule is CC(=O)OC1(c2ccccc2)CCN(C2CCCCC2)CC1C.[Cl-]. The summed E-state index contributed by atoms with van der Waals surface area (Å²) in [5.74, 6) is 0.135. The van der Waals surface area contributed by atoms with E-state index in [4.69, 9.17) is 4.74 Å². The number of hydrogen-bond donors (Lipinski definition) is 0. The quantitative estimate of drug-likeness (QED) is 0.765. The van der Waals surface area contributed by atoms with Crippen LogP contribution in [0.4, 0.5) is 0 Å². The number of carbonyl (C=O) groups is 1. The van der Waals surface area contributed by atoms with Gasteiger partial charge < -0.3 is 17.1 Å². The minimum atomic E-state index is -0.460. The van der Waals surface area contributed by atoms with Crippen LogP contribution in [0.1, 0.15) is 57.9 Å². The van der Waals surface area contributed by atoms with E-state index in [1.165, 1.54) is 39.0 Å². The van der Waals surface area contributed by atoms with Crippen LogP contribution in [0.15, 0.2) is 30.3 Å². The average molecular weight is 351 g/mol. The van der Waals surface area contributed by atoms with Gasteiger partial charge in [0.2, 0.25) is 0 Å². The van der Waals surface area contributed by atoms with Crippen LogP contribution >= 0.6 is 0 Å². The number of hydrogen-bond acceptors (Lipinski definition) is 3. The van der Waals surface area contributed by atoms with Crippen LogP contribution < -0.4 is 12.4 Å². The van der Waals surface area contributed by atoms with Gasteiger partial charge in [0.05, 0.1) is 0 Å². The molecule has 134 valence electrons. The van der Waals surface area contributed by atoms with Crippen molar-refractivity contribution in [2.24, 2.45) is 5.92 Å². The normalized spacial score (nSPS) is 28.8. The third-order valence-corrected chi connectivity index (χ3v) is 5.75. The van der Waals surface area contributed by atoms with Crippen LogP contribution in [-0.4, -0.2) is 30.0 Å². The molecule has 1 saturated heterocycles. The molecule has 3 nitrogen and oxygen atoms in total. The van der Waals surface area contributed by atoms with Crippen molar-refractivity contribution in [1.29, 1.82) is 0 Å². The molecule has 0 amide bonds. The first-order valence-corrected chi connectivity index (χ1v) is 9.11. The maximum Gasteiger partial charge on any atom is 0.303 e. The van der Waals surface area contributed by atoms with Crippen molar-refractivity contribution in [3.05, 3.63) is 35.9 Å². The van der Waals surface area contributed by atoms with Crippen molar-refractivity contribution in [2.75, 3.05) is 13.1 Å². The van der Waals surface area contributed by atoms with Gasteiger partial charge in [0, 0.05) is 38.4 Å². The maximum absolute atomic E-state index is 11.8. The van der Waals surface area contributed by atoms with Gasteiger partial charge in [-0.15, -0.1) is 0 Å². The summed E-state index contributed by atoms with van der Waals surface area (Å²) in [6, 6.07) is 11.1. The van der Waals surface area contributed by atoms with Crippen molar-refractivity contribution in [3.63, 3.8) is 0 Å². The molecule has 2 fully saturated rings. The lowest BCUT2D eigenvalue weighted by atomic mass is 9.75. The van der Waals surface area contributed by atoms with Crippen molar-refractivity contribution < 1.29 is 21.9 Å². The summed E-state index contributed by atoms with van der Waals surface area (Å²) in [7, 11) is 0. The molecule has 0 radical (unpaired) electrons. The van der Waals surface area contributed by atoms with Crippen LogP contribution in [0, 0.1) is 5.92 Å². The van der Waals surface area contributed by atoms with Crippen LogP contribution in [0.25, 0.3) is 0 Å². The van der Waals surface area contributed by atoms with Gasteiger partial charge in [0.25, 0.3) is 0 Å². The molecule has 24 heavy (non-hydrogen) atoms. The zero-order valence-electron chi connectivity index (χ0n) is 14.8. The lowest BCUT2D eigenvalue weighted by Gasteiger charge is -2.48. The fraction of sp³-hybridized carbons (Fsp3) is 0.650. The highest BCUT2D eigenvalue weighted by atomic mass is 35.5. The second-order valence-corrected chi connectivity index (χ2v) is 7.29. The molecule has 2 atom stereocenters. The fourth-order valence-electron chi connectivity index (χ4n) is 4.54. The van der Waals surface area contributed by atoms with Crippen molar-refractivity contribution in [2.45, 2.75) is 64.0 Å². The molecule has 0 aromatic heterocycles. The molecule has 1 saturated carbocycles. The summed E-state index contributed by atoms with van der Waals surface area (Å²) in [6.07, 6.45) is 7.68. The van der Waals surface area contributed by atoms with E-state index in [0.717, 1.165) is 31.1 Å². The van der Waals surface area contributed by atoms with Gasteiger partial charge in [-0.3, -0.25) is 9.69 Å². The summed E-state index contributed by atoms with van der Waals surface area (Å²) in [6.45, 7) is 5.82. The summed E-state index contributed by atoms with van der Waals surface area (Å²) < 4.78 is 5.95. The lowest BCUT2D eigenvalue weighted by Crippen LogP contribution is -3.00. The molecule has 1 aliphatic heterocycles. The van der Waals surface area contributed by atoms with Gasteiger partial charge in [-0.05, 0) is 18.4 Å². The number of piperidine rings is 1. The number of esters is 1. The van der Waals surface area contributed by atoms with Crippen molar-refractivity contribution >= 4 is 5.97 Å². The Morgan fingerprint density at radius 2 is 1.83 bits per heavy atom. The second kappa shape index (κ2) is 8.35. The van der Waals surface area contributed by atoms with E-state index in [1.807, 2.05) is 18.2 Å². The molecule has 1 heterocycles. The smallest absolute Gasteiger partial charge is 0.303 e. The van der Waals surface area contributed by atoms with E-state index in [2.05, 4.69) is 24.0 Å². The van der Waals surface area contributed by atoms with E-state index in [9.17, 15) is 4.79 Å². The first kappa shape index (κ1) is 19.3. The minimum Gasteiger partial charge on any atom is -1.00 e. The van der Waals surface area contributed by atoms with Gasteiger partial charge in [-0.1, -0.05) is 56.5 Å². The zero-order chi connectivity index (χ0) is 16.3. The van der Waals surface area contributed by atoms with Crippen LogP contribution in [0.5, 0.6) is 0 Å². The lowest BCUT2D eigenvalue weighted by molar-refractivity contribution is -0.174. The van der Waals surface area contributed by atoms with E-state index in [1.54, 1.807) is 0 Å². The Hall–Kier alpha value is -1.06. The van der Waals surface area contributed by atoms with Gasteiger partial charge in [0.15, 0.2) is 0 Å². The molecule has 1 aromatic rings. The number of likely N-dealkylation sites (tertiary alicyclic amines) is 1. The van der Waals surface area contributed by atoms with Gasteiger partial charge in [-0.2, -0.15) is 0 Å². The first-order valence-electron chi connectivity index (χ1n) is 9.11. The van der Waals surface area contributed by atoms with E-state index in [0.29, 0.717) is 5.92 Å². The first-order chi connectivity index (χ1) is 11.1. The number of ether oxygens (including phenoxy) is 1. The monoisotopic (exact) mass is 350 g/mol. The molecule has 1 aliphatic carbocycles. The zero-order valence-corrected chi connectivity index (χ0v) is 15.6. The molecule has 4 heteroatoms. The molecular formula is C20H29ClNO2-. The van der Waals surface area contributed by atoms with Crippen LogP contribution in [0.3, 0.4) is 0 Å².